The van der Waals surface area contributed by atoms with Crippen LogP contribution in [0.2, 0.25) is 0 Å². The van der Waals surface area contributed by atoms with Crippen molar-refractivity contribution in [1.82, 2.24) is 0 Å². The van der Waals surface area contributed by atoms with Gasteiger partial charge in [0.2, 0.25) is 0 Å². The number of allylic oxidation sites excluding steroid dienone is 8. The molecule has 0 aliphatic carbocycles. The molecule has 5 nitrogen and oxygen atoms in total. The predicted octanol–water partition coefficient (Wildman–Crippen LogP) is 16.0. The van der Waals surface area contributed by atoms with E-state index in [2.05, 4.69) is 69.4 Å². The number of hydrogen-bond acceptors (Lipinski definition) is 5. The lowest BCUT2D eigenvalue weighted by molar-refractivity contribution is -0.163. The molecule has 1 atom stereocenters. The minimum atomic E-state index is -0.546. The van der Waals surface area contributed by atoms with Crippen molar-refractivity contribution in [2.75, 3.05) is 19.8 Å². The number of ether oxygens (including phenoxy) is 3. The minimum Gasteiger partial charge on any atom is -0.462 e. The smallest absolute Gasteiger partial charge is 0.306 e. The Balaban J connectivity index is 4.30. The normalized spacial score (nSPS) is 12.6. The largest absolute Gasteiger partial charge is 0.462 e. The molecule has 0 amide bonds. The maximum absolute atomic E-state index is 12.7. The van der Waals surface area contributed by atoms with Crippen LogP contribution >= 0.6 is 0 Å². The summed E-state index contributed by atoms with van der Waals surface area (Å²) in [5, 5.41) is 0. The summed E-state index contributed by atoms with van der Waals surface area (Å²) in [4.78, 5) is 25.3. The van der Waals surface area contributed by atoms with Crippen LogP contribution in [-0.4, -0.2) is 37.9 Å². The topological polar surface area (TPSA) is 61.8 Å². The summed E-state index contributed by atoms with van der Waals surface area (Å²) in [7, 11) is 0. The van der Waals surface area contributed by atoms with Crippen molar-refractivity contribution >= 4 is 11.9 Å². The van der Waals surface area contributed by atoms with Crippen LogP contribution in [0, 0.1) is 0 Å². The predicted molar refractivity (Wildman–Crippen MR) is 242 cm³/mol. The molecule has 0 aliphatic heterocycles. The minimum absolute atomic E-state index is 0.0733. The maximum Gasteiger partial charge on any atom is 0.306 e. The first-order chi connectivity index (χ1) is 27.6. The Kier molecular flexibility index (Phi) is 45.4. The van der Waals surface area contributed by atoms with Crippen molar-refractivity contribution in [3.63, 3.8) is 0 Å². The third-order valence-corrected chi connectivity index (χ3v) is 10.3. The maximum atomic E-state index is 12.7. The Morgan fingerprint density at radius 3 is 1.27 bits per heavy atom. The fraction of sp³-hybridized carbons (Fsp3) is 0.804. The molecule has 326 valence electrons. The molecule has 56 heavy (non-hydrogen) atoms. The van der Waals surface area contributed by atoms with Crippen LogP contribution in [0.25, 0.3) is 0 Å². The van der Waals surface area contributed by atoms with Gasteiger partial charge in [-0.3, -0.25) is 9.59 Å². The lowest BCUT2D eigenvalue weighted by Crippen LogP contribution is -2.30. The molecular weight excluding hydrogens is 693 g/mol. The first-order valence-corrected chi connectivity index (χ1v) is 24.2. The van der Waals surface area contributed by atoms with Gasteiger partial charge >= 0.3 is 11.9 Å². The van der Waals surface area contributed by atoms with Crippen LogP contribution in [-0.2, 0) is 23.8 Å². The zero-order valence-electron chi connectivity index (χ0n) is 37.4. The Labute approximate surface area is 348 Å². The quantitative estimate of drug-likeness (QED) is 0.0350. The van der Waals surface area contributed by atoms with E-state index in [0.29, 0.717) is 19.4 Å². The molecule has 0 aromatic carbocycles. The second-order valence-corrected chi connectivity index (χ2v) is 16.0. The third-order valence-electron chi connectivity index (χ3n) is 10.3. The molecule has 0 heterocycles. The average molecular weight is 785 g/mol. The number of esters is 2. The molecule has 0 bridgehead atoms. The molecule has 0 fully saturated rings. The highest BCUT2D eigenvalue weighted by Crippen LogP contribution is 2.13. The first kappa shape index (κ1) is 53.9. The van der Waals surface area contributed by atoms with E-state index in [4.69, 9.17) is 14.2 Å². The van der Waals surface area contributed by atoms with Crippen LogP contribution in [0.5, 0.6) is 0 Å². The molecule has 0 aromatic rings. The molecular formula is C51H92O5. The summed E-state index contributed by atoms with van der Waals surface area (Å²) in [6.45, 7) is 7.71. The highest BCUT2D eigenvalue weighted by atomic mass is 16.6. The molecule has 0 rings (SSSR count). The van der Waals surface area contributed by atoms with Crippen LogP contribution < -0.4 is 0 Å². The van der Waals surface area contributed by atoms with Crippen molar-refractivity contribution in [1.29, 1.82) is 0 Å². The van der Waals surface area contributed by atoms with Crippen molar-refractivity contribution in [3.05, 3.63) is 48.6 Å². The van der Waals surface area contributed by atoms with Gasteiger partial charge in [0.15, 0.2) is 6.10 Å². The highest BCUT2D eigenvalue weighted by molar-refractivity contribution is 5.70. The number of rotatable bonds is 44. The average Bonchev–Trinajstić information content (AvgIpc) is 3.20. The second kappa shape index (κ2) is 47.2. The Bertz CT molecular complexity index is 935. The van der Waals surface area contributed by atoms with Crippen LogP contribution in [0.4, 0.5) is 0 Å². The fourth-order valence-electron chi connectivity index (χ4n) is 6.65. The molecule has 5 heteroatoms. The van der Waals surface area contributed by atoms with E-state index in [9.17, 15) is 9.59 Å². The first-order valence-electron chi connectivity index (χ1n) is 24.2. The molecule has 1 unspecified atom stereocenters. The van der Waals surface area contributed by atoms with E-state index in [-0.39, 0.29) is 25.2 Å². The van der Waals surface area contributed by atoms with Crippen LogP contribution in [0.15, 0.2) is 48.6 Å². The lowest BCUT2D eigenvalue weighted by Gasteiger charge is -2.18. The van der Waals surface area contributed by atoms with E-state index in [1.807, 2.05) is 0 Å². The molecule has 0 saturated heterocycles. The van der Waals surface area contributed by atoms with Gasteiger partial charge in [-0.15, -0.1) is 0 Å². The molecule has 0 radical (unpaired) electrons. The highest BCUT2D eigenvalue weighted by Gasteiger charge is 2.17. The monoisotopic (exact) mass is 785 g/mol. The summed E-state index contributed by atoms with van der Waals surface area (Å²) in [6, 6.07) is 0. The van der Waals surface area contributed by atoms with E-state index >= 15 is 0 Å². The van der Waals surface area contributed by atoms with E-state index in [1.165, 1.54) is 135 Å². The molecule has 0 aromatic heterocycles. The third kappa shape index (κ3) is 44.6. The van der Waals surface area contributed by atoms with E-state index in [1.54, 1.807) is 0 Å². The van der Waals surface area contributed by atoms with Gasteiger partial charge in [-0.1, -0.05) is 179 Å². The summed E-state index contributed by atoms with van der Waals surface area (Å²) in [6.07, 6.45) is 56.8. The number of hydrogen-bond donors (Lipinski definition) is 0. The zero-order chi connectivity index (χ0) is 40.7. The standard InChI is InChI=1S/C51H92O5/c1-4-7-10-13-16-19-22-25-28-31-34-37-40-43-46-54-47-49(56-51(53)45-42-39-36-33-30-27-24-21-18-15-12-9-6-3)48-55-50(52)44-41-38-35-32-29-26-23-20-17-14-11-8-5-2/h11,14,19-24,49H,4-10,12-13,15-18,25-48H2,1-3H3/b14-11-,22-19-,23-20-,24-21-. The van der Waals surface area contributed by atoms with Crippen molar-refractivity contribution in [2.45, 2.75) is 245 Å². The molecule has 0 aliphatic rings. The summed E-state index contributed by atoms with van der Waals surface area (Å²) >= 11 is 0. The van der Waals surface area contributed by atoms with E-state index in [0.717, 1.165) is 70.6 Å². The fourth-order valence-corrected chi connectivity index (χ4v) is 6.65. The number of carbonyl (C=O) groups excluding carboxylic acids is 2. The Morgan fingerprint density at radius 2 is 0.786 bits per heavy atom. The van der Waals surface area contributed by atoms with Gasteiger partial charge in [0.1, 0.15) is 6.61 Å². The van der Waals surface area contributed by atoms with Gasteiger partial charge in [0.25, 0.3) is 0 Å². The van der Waals surface area contributed by atoms with Gasteiger partial charge in [0, 0.05) is 19.4 Å². The second-order valence-electron chi connectivity index (χ2n) is 16.0. The van der Waals surface area contributed by atoms with Gasteiger partial charge < -0.3 is 14.2 Å². The SMILES string of the molecule is CCC/C=C\C/C=C\CCCCCCCC(=O)OCC(COCCCCCCCC/C=C\CCCCCC)OC(=O)CCCCCCC/C=C\CCCCCC. The van der Waals surface area contributed by atoms with Gasteiger partial charge in [-0.25, -0.2) is 0 Å². The summed E-state index contributed by atoms with van der Waals surface area (Å²) < 4.78 is 17.3. The zero-order valence-corrected chi connectivity index (χ0v) is 37.4. The van der Waals surface area contributed by atoms with Gasteiger partial charge in [-0.2, -0.15) is 0 Å². The number of unbranched alkanes of at least 4 members (excludes halogenated alkanes) is 25. The summed E-state index contributed by atoms with van der Waals surface area (Å²) in [5.41, 5.74) is 0. The summed E-state index contributed by atoms with van der Waals surface area (Å²) in [5.74, 6) is -0.422. The Hall–Kier alpha value is -2.14. The molecule has 0 N–H and O–H groups in total. The van der Waals surface area contributed by atoms with Crippen molar-refractivity contribution in [3.8, 4) is 0 Å². The Morgan fingerprint density at radius 1 is 0.393 bits per heavy atom. The van der Waals surface area contributed by atoms with Crippen molar-refractivity contribution < 1.29 is 23.8 Å². The lowest BCUT2D eigenvalue weighted by atomic mass is 10.1. The molecule has 0 spiro atoms. The number of carbonyl (C=O) groups is 2. The van der Waals surface area contributed by atoms with E-state index < -0.39 is 6.10 Å². The van der Waals surface area contributed by atoms with Gasteiger partial charge in [0.05, 0.1) is 6.61 Å². The van der Waals surface area contributed by atoms with Crippen molar-refractivity contribution in [2.24, 2.45) is 0 Å². The van der Waals surface area contributed by atoms with Crippen LogP contribution in [0.3, 0.4) is 0 Å². The van der Waals surface area contributed by atoms with Gasteiger partial charge in [-0.05, 0) is 96.3 Å². The van der Waals surface area contributed by atoms with Crippen LogP contribution in [0.1, 0.15) is 239 Å². The molecule has 0 saturated carbocycles.